The van der Waals surface area contributed by atoms with Crippen LogP contribution in [0.1, 0.15) is 60.5 Å². The first-order valence-corrected chi connectivity index (χ1v) is 13.6. The van der Waals surface area contributed by atoms with Crippen molar-refractivity contribution >= 4 is 15.8 Å². The summed E-state index contributed by atoms with van der Waals surface area (Å²) >= 11 is 0. The molecule has 0 aliphatic carbocycles. The van der Waals surface area contributed by atoms with E-state index < -0.39 is 10.0 Å². The summed E-state index contributed by atoms with van der Waals surface area (Å²) in [5.41, 5.74) is 1.70. The van der Waals surface area contributed by atoms with E-state index in [2.05, 4.69) is 34.5 Å². The van der Waals surface area contributed by atoms with Crippen LogP contribution in [0.2, 0.25) is 0 Å². The maximum Gasteiger partial charge on any atom is 0.243 e. The van der Waals surface area contributed by atoms with Gasteiger partial charge in [0.1, 0.15) is 0 Å². The molecule has 2 saturated heterocycles. The van der Waals surface area contributed by atoms with E-state index in [1.165, 1.54) is 18.4 Å². The normalized spacial score (nSPS) is 19.3. The van der Waals surface area contributed by atoms with E-state index in [9.17, 15) is 13.2 Å². The smallest absolute Gasteiger partial charge is 0.243 e. The van der Waals surface area contributed by atoms with Crippen molar-refractivity contribution in [2.75, 3.05) is 39.3 Å². The number of benzene rings is 2. The molecule has 0 bridgehead atoms. The summed E-state index contributed by atoms with van der Waals surface area (Å²) in [7, 11) is -3.57. The molecule has 0 radical (unpaired) electrons. The lowest BCUT2D eigenvalue weighted by atomic mass is 10.1. The average molecular weight is 470 g/mol. The minimum Gasteiger partial charge on any atom is -0.308 e. The molecule has 2 aromatic carbocycles. The number of nitrogens with one attached hydrogen (secondary N) is 1. The number of nitrogens with zero attached hydrogens (tertiary/aromatic N) is 2. The van der Waals surface area contributed by atoms with Gasteiger partial charge in [-0.15, -0.1) is 0 Å². The monoisotopic (exact) mass is 469 g/mol. The molecule has 33 heavy (non-hydrogen) atoms. The summed E-state index contributed by atoms with van der Waals surface area (Å²) in [6.07, 6.45) is 6.33. The van der Waals surface area contributed by atoms with Crippen molar-refractivity contribution in [3.05, 3.63) is 65.7 Å². The van der Waals surface area contributed by atoms with Crippen LogP contribution in [0.5, 0.6) is 0 Å². The van der Waals surface area contributed by atoms with Gasteiger partial charge in [0.15, 0.2) is 5.78 Å². The summed E-state index contributed by atoms with van der Waals surface area (Å²) in [6.45, 7) is 4.13. The van der Waals surface area contributed by atoms with Crippen LogP contribution in [0.3, 0.4) is 0 Å². The van der Waals surface area contributed by atoms with Crippen LogP contribution < -0.4 is 5.32 Å². The molecule has 0 spiro atoms. The molecule has 1 atom stereocenters. The average Bonchev–Trinajstić information content (AvgIpc) is 3.23. The predicted molar refractivity (Wildman–Crippen MR) is 131 cm³/mol. The predicted octanol–water partition coefficient (Wildman–Crippen LogP) is 3.86. The summed E-state index contributed by atoms with van der Waals surface area (Å²) in [5, 5.41) is 3.34. The minimum atomic E-state index is -3.57. The van der Waals surface area contributed by atoms with Crippen molar-refractivity contribution in [2.24, 2.45) is 0 Å². The Morgan fingerprint density at radius 2 is 1.52 bits per heavy atom. The van der Waals surface area contributed by atoms with E-state index in [4.69, 9.17) is 0 Å². The zero-order chi connectivity index (χ0) is 23.1. The van der Waals surface area contributed by atoms with Gasteiger partial charge in [-0.3, -0.25) is 9.69 Å². The van der Waals surface area contributed by atoms with Gasteiger partial charge in [0.05, 0.1) is 11.4 Å². The Balaban J connectivity index is 1.40. The highest BCUT2D eigenvalue weighted by atomic mass is 32.2. The molecule has 0 amide bonds. The summed E-state index contributed by atoms with van der Waals surface area (Å²) in [5.74, 6) is -0.0869. The third-order valence-electron chi connectivity index (χ3n) is 6.75. The van der Waals surface area contributed by atoms with Gasteiger partial charge in [-0.05, 0) is 56.5 Å². The highest BCUT2D eigenvalue weighted by molar-refractivity contribution is 7.89. The summed E-state index contributed by atoms with van der Waals surface area (Å²) < 4.78 is 27.8. The Bertz CT molecular complexity index is 1010. The van der Waals surface area contributed by atoms with E-state index in [0.717, 1.165) is 38.8 Å². The summed E-state index contributed by atoms with van der Waals surface area (Å²) in [4.78, 5) is 15.6. The van der Waals surface area contributed by atoms with Crippen LogP contribution in [-0.4, -0.2) is 62.7 Å². The van der Waals surface area contributed by atoms with E-state index in [1.807, 2.05) is 6.07 Å². The molecule has 2 aliphatic rings. The van der Waals surface area contributed by atoms with Crippen molar-refractivity contribution < 1.29 is 13.2 Å². The number of carbonyl (C=O) groups excluding carboxylic acids is 1. The van der Waals surface area contributed by atoms with E-state index in [0.29, 0.717) is 25.2 Å². The number of likely N-dealkylation sites (tertiary alicyclic amines) is 1. The Morgan fingerprint density at radius 1 is 0.848 bits per heavy atom. The second kappa shape index (κ2) is 11.4. The number of sulfonamides is 1. The molecule has 7 heteroatoms. The SMILES string of the molecule is O=C(CNCC(c1ccccc1)N1CCCC1)c1cccc(S(=O)(=O)N2CCCCCC2)c1. The van der Waals surface area contributed by atoms with Gasteiger partial charge in [0.2, 0.25) is 10.0 Å². The fourth-order valence-corrected chi connectivity index (χ4v) is 6.44. The number of hydrogen-bond donors (Lipinski definition) is 1. The first-order valence-electron chi connectivity index (χ1n) is 12.2. The van der Waals surface area contributed by atoms with Gasteiger partial charge in [-0.1, -0.05) is 55.3 Å². The first-order chi connectivity index (χ1) is 16.1. The fraction of sp³-hybridized carbons (Fsp3) is 0.500. The van der Waals surface area contributed by atoms with E-state index >= 15 is 0 Å². The molecule has 4 rings (SSSR count). The zero-order valence-electron chi connectivity index (χ0n) is 19.3. The Kier molecular flexibility index (Phi) is 8.30. The topological polar surface area (TPSA) is 69.7 Å². The lowest BCUT2D eigenvalue weighted by molar-refractivity contribution is 0.0987. The van der Waals surface area contributed by atoms with Crippen molar-refractivity contribution in [3.63, 3.8) is 0 Å². The molecule has 2 aromatic rings. The molecular weight excluding hydrogens is 434 g/mol. The lowest BCUT2D eigenvalue weighted by Crippen LogP contribution is -2.36. The Morgan fingerprint density at radius 3 is 2.21 bits per heavy atom. The second-order valence-electron chi connectivity index (χ2n) is 9.07. The zero-order valence-corrected chi connectivity index (χ0v) is 20.1. The van der Waals surface area contributed by atoms with Gasteiger partial charge >= 0.3 is 0 Å². The standard InChI is InChI=1S/C26H35N3O3S/c30-26(21-27-20-25(28-15-8-9-16-28)22-11-4-3-5-12-22)23-13-10-14-24(19-23)33(31,32)29-17-6-1-2-7-18-29/h3-5,10-14,19,25,27H,1-2,6-9,15-18,20-21H2. The molecule has 1 N–H and O–H groups in total. The van der Waals surface area contributed by atoms with Gasteiger partial charge in [0.25, 0.3) is 0 Å². The number of carbonyl (C=O) groups is 1. The van der Waals surface area contributed by atoms with Crippen molar-refractivity contribution in [1.82, 2.24) is 14.5 Å². The van der Waals surface area contributed by atoms with Gasteiger partial charge in [-0.2, -0.15) is 4.31 Å². The Hall–Kier alpha value is -2.06. The molecule has 2 aliphatic heterocycles. The van der Waals surface area contributed by atoms with Crippen LogP contribution in [0.4, 0.5) is 0 Å². The molecule has 0 aromatic heterocycles. The third-order valence-corrected chi connectivity index (χ3v) is 8.64. The van der Waals surface area contributed by atoms with E-state index in [-0.39, 0.29) is 23.3 Å². The third kappa shape index (κ3) is 6.09. The maximum atomic E-state index is 13.1. The largest absolute Gasteiger partial charge is 0.308 e. The second-order valence-corrected chi connectivity index (χ2v) is 11.0. The van der Waals surface area contributed by atoms with Crippen molar-refractivity contribution in [3.8, 4) is 0 Å². The van der Waals surface area contributed by atoms with Gasteiger partial charge < -0.3 is 5.32 Å². The molecule has 6 nitrogen and oxygen atoms in total. The molecule has 2 fully saturated rings. The quantitative estimate of drug-likeness (QED) is 0.565. The van der Waals surface area contributed by atoms with Crippen molar-refractivity contribution in [1.29, 1.82) is 0 Å². The number of rotatable bonds is 9. The van der Waals surface area contributed by atoms with Crippen LogP contribution in [0.25, 0.3) is 0 Å². The van der Waals surface area contributed by atoms with Crippen LogP contribution in [-0.2, 0) is 10.0 Å². The number of Topliss-reactive ketones (excluding diaryl/α,β-unsaturated/α-hetero) is 1. The molecule has 1 unspecified atom stereocenters. The first kappa shape index (κ1) is 24.1. The number of ketones is 1. The highest BCUT2D eigenvalue weighted by Crippen LogP contribution is 2.25. The molecule has 178 valence electrons. The van der Waals surface area contributed by atoms with Crippen LogP contribution >= 0.6 is 0 Å². The van der Waals surface area contributed by atoms with Gasteiger partial charge in [0, 0.05) is 31.2 Å². The maximum absolute atomic E-state index is 13.1. The summed E-state index contributed by atoms with van der Waals surface area (Å²) in [6, 6.07) is 17.2. The Labute approximate surface area is 198 Å². The van der Waals surface area contributed by atoms with Crippen LogP contribution in [0, 0.1) is 0 Å². The molecule has 0 saturated carbocycles. The van der Waals surface area contributed by atoms with Gasteiger partial charge in [-0.25, -0.2) is 8.42 Å². The molecular formula is C26H35N3O3S. The van der Waals surface area contributed by atoms with Crippen molar-refractivity contribution in [2.45, 2.75) is 49.5 Å². The molecule has 2 heterocycles. The minimum absolute atomic E-state index is 0.0869. The number of hydrogen-bond acceptors (Lipinski definition) is 5. The van der Waals surface area contributed by atoms with Crippen LogP contribution in [0.15, 0.2) is 59.5 Å². The lowest BCUT2D eigenvalue weighted by Gasteiger charge is -2.28. The van der Waals surface area contributed by atoms with E-state index in [1.54, 1.807) is 28.6 Å². The fourth-order valence-electron chi connectivity index (χ4n) is 4.87. The highest BCUT2D eigenvalue weighted by Gasteiger charge is 2.26.